The third kappa shape index (κ3) is 3.29. The number of nitrogens with zero attached hydrogens (tertiary/aromatic N) is 1. The van der Waals surface area contributed by atoms with Crippen molar-refractivity contribution in [1.29, 1.82) is 0 Å². The summed E-state index contributed by atoms with van der Waals surface area (Å²) in [5, 5.41) is 2.90. The van der Waals surface area contributed by atoms with E-state index in [0.29, 0.717) is 5.69 Å². The molecule has 2 aromatic rings. The van der Waals surface area contributed by atoms with E-state index in [1.54, 1.807) is 0 Å². The lowest BCUT2D eigenvalue weighted by atomic mass is 10.2. The lowest BCUT2D eigenvalue weighted by Gasteiger charge is -2.26. The second kappa shape index (κ2) is 6.10. The molecule has 0 saturated heterocycles. The summed E-state index contributed by atoms with van der Waals surface area (Å²) < 4.78 is 0. The Morgan fingerprint density at radius 2 is 1.70 bits per heavy atom. The maximum Gasteiger partial charge on any atom is 0.246 e. The van der Waals surface area contributed by atoms with Crippen LogP contribution < -0.4 is 16.0 Å². The zero-order valence-corrected chi connectivity index (χ0v) is 11.7. The third-order valence-corrected chi connectivity index (χ3v) is 3.30. The number of anilines is 3. The van der Waals surface area contributed by atoms with Crippen LogP contribution in [0.3, 0.4) is 0 Å². The van der Waals surface area contributed by atoms with Crippen LogP contribution in [0.5, 0.6) is 0 Å². The van der Waals surface area contributed by atoms with Gasteiger partial charge in [-0.3, -0.25) is 4.79 Å². The van der Waals surface area contributed by atoms with E-state index in [4.69, 9.17) is 5.73 Å². The van der Waals surface area contributed by atoms with Gasteiger partial charge < -0.3 is 16.0 Å². The Kier molecular flexibility index (Phi) is 4.25. The fourth-order valence-corrected chi connectivity index (χ4v) is 1.88. The Balaban J connectivity index is 2.04. The van der Waals surface area contributed by atoms with Gasteiger partial charge >= 0.3 is 0 Å². The normalized spacial score (nSPS) is 11.7. The van der Waals surface area contributed by atoms with Crippen LogP contribution in [-0.2, 0) is 4.79 Å². The zero-order valence-electron chi connectivity index (χ0n) is 11.7. The highest BCUT2D eigenvalue weighted by Gasteiger charge is 2.18. The Labute approximate surface area is 119 Å². The number of hydrogen-bond donors (Lipinski definition) is 2. The number of nitrogens with two attached hydrogens (primary N) is 1. The molecule has 0 aliphatic rings. The largest absolute Gasteiger partial charge is 0.399 e. The average Bonchev–Trinajstić information content (AvgIpc) is 2.47. The highest BCUT2D eigenvalue weighted by molar-refractivity contribution is 5.96. The molecule has 20 heavy (non-hydrogen) atoms. The number of carbonyl (C=O) groups excluding carboxylic acids is 1. The first-order valence-corrected chi connectivity index (χ1v) is 6.52. The van der Waals surface area contributed by atoms with Gasteiger partial charge in [-0.2, -0.15) is 0 Å². The van der Waals surface area contributed by atoms with Crippen molar-refractivity contribution < 1.29 is 4.79 Å². The maximum atomic E-state index is 12.2. The molecule has 2 aromatic carbocycles. The van der Waals surface area contributed by atoms with Gasteiger partial charge in [-0.25, -0.2) is 0 Å². The van der Waals surface area contributed by atoms with Gasteiger partial charge in [0.1, 0.15) is 6.04 Å². The highest BCUT2D eigenvalue weighted by atomic mass is 16.2. The summed E-state index contributed by atoms with van der Waals surface area (Å²) in [7, 11) is 1.89. The first-order chi connectivity index (χ1) is 9.58. The summed E-state index contributed by atoms with van der Waals surface area (Å²) in [6.07, 6.45) is 0. The minimum absolute atomic E-state index is 0.0458. The molecule has 1 amide bonds. The van der Waals surface area contributed by atoms with Crippen molar-refractivity contribution in [2.75, 3.05) is 23.0 Å². The average molecular weight is 269 g/mol. The minimum atomic E-state index is -0.279. The number of amides is 1. The van der Waals surface area contributed by atoms with Crippen molar-refractivity contribution in [2.45, 2.75) is 13.0 Å². The number of carbonyl (C=O) groups is 1. The summed E-state index contributed by atoms with van der Waals surface area (Å²) in [5.74, 6) is -0.0458. The fraction of sp³-hybridized carbons (Fsp3) is 0.188. The Morgan fingerprint density at radius 1 is 1.10 bits per heavy atom. The molecule has 4 heteroatoms. The monoisotopic (exact) mass is 269 g/mol. The molecule has 0 bridgehead atoms. The van der Waals surface area contributed by atoms with E-state index in [1.165, 1.54) is 0 Å². The van der Waals surface area contributed by atoms with E-state index < -0.39 is 0 Å². The summed E-state index contributed by atoms with van der Waals surface area (Å²) >= 11 is 0. The molecule has 0 radical (unpaired) electrons. The molecule has 0 spiro atoms. The molecular formula is C16H19N3O. The molecule has 0 aliphatic heterocycles. The fourth-order valence-electron chi connectivity index (χ4n) is 1.88. The van der Waals surface area contributed by atoms with Crippen molar-refractivity contribution >= 4 is 23.0 Å². The van der Waals surface area contributed by atoms with Gasteiger partial charge in [-0.15, -0.1) is 0 Å². The summed E-state index contributed by atoms with van der Waals surface area (Å²) in [5.41, 5.74) is 8.13. The molecule has 0 saturated carbocycles. The number of nitrogens with one attached hydrogen (secondary N) is 1. The van der Waals surface area contributed by atoms with Crippen LogP contribution >= 0.6 is 0 Å². The Morgan fingerprint density at radius 3 is 2.30 bits per heavy atom. The van der Waals surface area contributed by atoms with Crippen LogP contribution in [0.2, 0.25) is 0 Å². The lowest BCUT2D eigenvalue weighted by Crippen LogP contribution is -2.39. The first-order valence-electron chi connectivity index (χ1n) is 6.52. The Bertz CT molecular complexity index is 566. The third-order valence-electron chi connectivity index (χ3n) is 3.30. The summed E-state index contributed by atoms with van der Waals surface area (Å²) in [6, 6.07) is 16.6. The van der Waals surface area contributed by atoms with E-state index in [1.807, 2.05) is 73.5 Å². The smallest absolute Gasteiger partial charge is 0.246 e. The van der Waals surface area contributed by atoms with Gasteiger partial charge in [0, 0.05) is 24.1 Å². The van der Waals surface area contributed by atoms with Crippen LogP contribution in [0.4, 0.5) is 17.1 Å². The standard InChI is InChI=1S/C16H19N3O/c1-12(16(20)18-14-6-4-3-5-7-14)19(2)15-10-8-13(17)9-11-15/h3-12H,17H2,1-2H3,(H,18,20). The molecule has 1 unspecified atom stereocenters. The number of para-hydroxylation sites is 1. The van der Waals surface area contributed by atoms with Gasteiger partial charge in [-0.1, -0.05) is 18.2 Å². The molecule has 0 heterocycles. The summed E-state index contributed by atoms with van der Waals surface area (Å²) in [4.78, 5) is 14.1. The minimum Gasteiger partial charge on any atom is -0.399 e. The predicted octanol–water partition coefficient (Wildman–Crippen LogP) is 2.73. The molecule has 0 aliphatic carbocycles. The second-order valence-corrected chi connectivity index (χ2v) is 4.73. The van der Waals surface area contributed by atoms with Crippen LogP contribution in [0.15, 0.2) is 54.6 Å². The predicted molar refractivity (Wildman–Crippen MR) is 83.8 cm³/mol. The van der Waals surface area contributed by atoms with Crippen molar-refractivity contribution in [2.24, 2.45) is 0 Å². The van der Waals surface area contributed by atoms with Gasteiger partial charge in [-0.05, 0) is 43.3 Å². The zero-order chi connectivity index (χ0) is 14.5. The van der Waals surface area contributed by atoms with Crippen molar-refractivity contribution in [3.8, 4) is 0 Å². The van der Waals surface area contributed by atoms with E-state index in [9.17, 15) is 4.79 Å². The molecule has 4 nitrogen and oxygen atoms in total. The maximum absolute atomic E-state index is 12.2. The van der Waals surface area contributed by atoms with Gasteiger partial charge in [0.05, 0.1) is 0 Å². The van der Waals surface area contributed by atoms with Gasteiger partial charge in [0.25, 0.3) is 0 Å². The molecule has 2 rings (SSSR count). The van der Waals surface area contributed by atoms with E-state index in [-0.39, 0.29) is 11.9 Å². The number of hydrogen-bond acceptors (Lipinski definition) is 3. The van der Waals surface area contributed by atoms with Crippen LogP contribution in [-0.4, -0.2) is 19.0 Å². The second-order valence-electron chi connectivity index (χ2n) is 4.73. The SMILES string of the molecule is CC(C(=O)Nc1ccccc1)N(C)c1ccc(N)cc1. The van der Waals surface area contributed by atoms with Gasteiger partial charge in [0.2, 0.25) is 5.91 Å². The van der Waals surface area contributed by atoms with Crippen molar-refractivity contribution in [3.63, 3.8) is 0 Å². The highest BCUT2D eigenvalue weighted by Crippen LogP contribution is 2.18. The summed E-state index contributed by atoms with van der Waals surface area (Å²) in [6.45, 7) is 1.87. The van der Waals surface area contributed by atoms with E-state index in [0.717, 1.165) is 11.4 Å². The topological polar surface area (TPSA) is 58.4 Å². The number of benzene rings is 2. The van der Waals surface area contributed by atoms with Crippen LogP contribution in [0, 0.1) is 0 Å². The van der Waals surface area contributed by atoms with E-state index in [2.05, 4.69) is 5.32 Å². The van der Waals surface area contributed by atoms with Crippen molar-refractivity contribution in [1.82, 2.24) is 0 Å². The Hall–Kier alpha value is -2.49. The molecular weight excluding hydrogens is 250 g/mol. The van der Waals surface area contributed by atoms with Crippen LogP contribution in [0.25, 0.3) is 0 Å². The molecule has 0 aromatic heterocycles. The number of nitrogen functional groups attached to an aromatic ring is 1. The first kappa shape index (κ1) is 13.9. The molecule has 0 fully saturated rings. The quantitative estimate of drug-likeness (QED) is 0.839. The molecule has 1 atom stereocenters. The van der Waals surface area contributed by atoms with Crippen molar-refractivity contribution in [3.05, 3.63) is 54.6 Å². The number of rotatable bonds is 4. The van der Waals surface area contributed by atoms with Crippen LogP contribution in [0.1, 0.15) is 6.92 Å². The molecule has 3 N–H and O–H groups in total. The van der Waals surface area contributed by atoms with Gasteiger partial charge in [0.15, 0.2) is 0 Å². The van der Waals surface area contributed by atoms with E-state index >= 15 is 0 Å². The molecule has 104 valence electrons. The lowest BCUT2D eigenvalue weighted by molar-refractivity contribution is -0.117. The number of likely N-dealkylation sites (N-methyl/N-ethyl adjacent to an activating group) is 1.